The first kappa shape index (κ1) is 30.1. The highest BCUT2D eigenvalue weighted by atomic mass is 19.1. The second kappa shape index (κ2) is 14.2. The molecule has 4 aromatic rings. The molecule has 41 heavy (non-hydrogen) atoms. The number of benzene rings is 3. The van der Waals surface area contributed by atoms with Crippen LogP contribution >= 0.6 is 0 Å². The first-order valence-corrected chi connectivity index (χ1v) is 14.0. The van der Waals surface area contributed by atoms with Crippen molar-refractivity contribution in [2.24, 2.45) is 5.92 Å². The Kier molecular flexibility index (Phi) is 10.4. The fraction of sp³-hybridized carbons (Fsp3) is 0.375. The highest BCUT2D eigenvalue weighted by Gasteiger charge is 2.32. The van der Waals surface area contributed by atoms with Gasteiger partial charge in [-0.2, -0.15) is 0 Å². The molecule has 0 N–H and O–H groups in total. The maximum Gasteiger partial charge on any atom is 0.226 e. The number of carbonyl (C=O) groups excluding carboxylic acids is 1. The van der Waals surface area contributed by atoms with Crippen LogP contribution in [0.5, 0.6) is 0 Å². The van der Waals surface area contributed by atoms with Gasteiger partial charge in [0, 0.05) is 38.6 Å². The first-order valence-electron chi connectivity index (χ1n) is 14.0. The number of imidazole rings is 1. The monoisotopic (exact) mass is 565 g/mol. The summed E-state index contributed by atoms with van der Waals surface area (Å²) in [5.74, 6) is 1.04. The van der Waals surface area contributed by atoms with Gasteiger partial charge in [-0.3, -0.25) is 18.8 Å². The van der Waals surface area contributed by atoms with E-state index in [1.54, 1.807) is 0 Å². The SMILES string of the molecule is CF.F.O=C(C1CCN(c2nc3ccccc3n2Cc2ccc(F)cc2)CC1)N1CCCN(Cc2ccccc2)C1. The van der Waals surface area contributed by atoms with Crippen LogP contribution in [0.3, 0.4) is 0 Å². The molecule has 3 heterocycles. The van der Waals surface area contributed by atoms with Crippen molar-refractivity contribution >= 4 is 22.9 Å². The van der Waals surface area contributed by atoms with Crippen LogP contribution in [0.4, 0.5) is 19.4 Å². The van der Waals surface area contributed by atoms with Crippen molar-refractivity contribution in [1.82, 2.24) is 19.4 Å². The molecule has 0 spiro atoms. The van der Waals surface area contributed by atoms with Crippen LogP contribution in [0.15, 0.2) is 78.9 Å². The van der Waals surface area contributed by atoms with E-state index in [0.717, 1.165) is 74.5 Å². The van der Waals surface area contributed by atoms with E-state index >= 15 is 0 Å². The lowest BCUT2D eigenvalue weighted by Gasteiger charge is -2.39. The summed E-state index contributed by atoms with van der Waals surface area (Å²) in [6.45, 7) is 5.68. The fourth-order valence-corrected chi connectivity index (χ4v) is 5.84. The van der Waals surface area contributed by atoms with Crippen molar-refractivity contribution in [1.29, 1.82) is 0 Å². The molecule has 2 aliphatic heterocycles. The van der Waals surface area contributed by atoms with Gasteiger partial charge in [-0.1, -0.05) is 54.6 Å². The average Bonchev–Trinajstić information content (AvgIpc) is 3.38. The van der Waals surface area contributed by atoms with Gasteiger partial charge in [0.25, 0.3) is 0 Å². The quantitative estimate of drug-likeness (QED) is 0.293. The minimum absolute atomic E-state index is 0. The predicted octanol–water partition coefficient (Wildman–Crippen LogP) is 5.87. The Morgan fingerprint density at radius 2 is 1.49 bits per heavy atom. The highest BCUT2D eigenvalue weighted by Crippen LogP contribution is 2.29. The number of para-hydroxylation sites is 2. The van der Waals surface area contributed by atoms with E-state index in [0.29, 0.717) is 26.3 Å². The van der Waals surface area contributed by atoms with E-state index in [4.69, 9.17) is 4.98 Å². The Morgan fingerprint density at radius 1 is 0.829 bits per heavy atom. The van der Waals surface area contributed by atoms with Crippen molar-refractivity contribution in [3.63, 3.8) is 0 Å². The molecular formula is C32H38F3N5O. The predicted molar refractivity (Wildman–Crippen MR) is 158 cm³/mol. The van der Waals surface area contributed by atoms with E-state index in [1.807, 2.05) is 36.4 Å². The first-order chi connectivity index (χ1) is 19.6. The molecule has 1 aromatic heterocycles. The summed E-state index contributed by atoms with van der Waals surface area (Å²) in [6, 6.07) is 25.3. The number of fused-ring (bicyclic) bond motifs is 1. The lowest BCUT2D eigenvalue weighted by molar-refractivity contribution is -0.140. The van der Waals surface area contributed by atoms with Crippen LogP contribution in [0.2, 0.25) is 0 Å². The molecule has 2 fully saturated rings. The van der Waals surface area contributed by atoms with Gasteiger partial charge >= 0.3 is 0 Å². The standard InChI is InChI=1S/C31H34FN5O.CH3F.FH/c32-27-13-11-25(12-14-27)22-37-29-10-5-4-9-28(29)33-31(37)35-19-15-26(16-20-35)30(38)36-18-6-17-34(23-36)21-24-7-2-1-3-8-24;1-2;/h1-5,7-14,26H,6,15-23H2;1H3;1H. The van der Waals surface area contributed by atoms with Gasteiger partial charge in [-0.25, -0.2) is 9.37 Å². The summed E-state index contributed by atoms with van der Waals surface area (Å²) >= 11 is 0. The van der Waals surface area contributed by atoms with Gasteiger partial charge in [0.15, 0.2) is 0 Å². The normalized spacial score (nSPS) is 16.2. The molecule has 3 aromatic carbocycles. The summed E-state index contributed by atoms with van der Waals surface area (Å²) in [4.78, 5) is 25.2. The zero-order valence-electron chi connectivity index (χ0n) is 23.5. The molecule has 6 rings (SSSR count). The number of rotatable bonds is 6. The van der Waals surface area contributed by atoms with Crippen LogP contribution < -0.4 is 4.90 Å². The number of amides is 1. The maximum absolute atomic E-state index is 13.5. The zero-order valence-corrected chi connectivity index (χ0v) is 23.5. The smallest absolute Gasteiger partial charge is 0.226 e. The molecule has 2 aliphatic rings. The average molecular weight is 566 g/mol. The van der Waals surface area contributed by atoms with Gasteiger partial charge in [-0.05, 0) is 54.7 Å². The zero-order chi connectivity index (χ0) is 27.9. The minimum atomic E-state index is -0.229. The number of aromatic nitrogens is 2. The third-order valence-corrected chi connectivity index (χ3v) is 7.85. The second-order valence-electron chi connectivity index (χ2n) is 10.5. The summed E-state index contributed by atoms with van der Waals surface area (Å²) in [7, 11) is 0.500. The fourth-order valence-electron chi connectivity index (χ4n) is 5.84. The summed E-state index contributed by atoms with van der Waals surface area (Å²) < 4.78 is 25.2. The lowest BCUT2D eigenvalue weighted by Crippen LogP contribution is -2.50. The van der Waals surface area contributed by atoms with Crippen molar-refractivity contribution in [2.75, 3.05) is 44.9 Å². The Morgan fingerprint density at radius 3 is 2.22 bits per heavy atom. The van der Waals surface area contributed by atoms with E-state index in [1.165, 1.54) is 17.7 Å². The van der Waals surface area contributed by atoms with Crippen LogP contribution in [0.1, 0.15) is 30.4 Å². The number of nitrogens with zero attached hydrogens (tertiary/aromatic N) is 5. The Labute approximate surface area is 239 Å². The summed E-state index contributed by atoms with van der Waals surface area (Å²) in [5.41, 5.74) is 4.34. The Balaban J connectivity index is 0.00000126. The molecular weight excluding hydrogens is 527 g/mol. The second-order valence-corrected chi connectivity index (χ2v) is 10.5. The topological polar surface area (TPSA) is 44.6 Å². The number of hydrogen-bond acceptors (Lipinski definition) is 4. The van der Waals surface area contributed by atoms with Crippen molar-refractivity contribution in [3.05, 3.63) is 95.8 Å². The molecule has 0 unspecified atom stereocenters. The largest absolute Gasteiger partial charge is 0.342 e. The van der Waals surface area contributed by atoms with Gasteiger partial charge in [0.05, 0.1) is 31.4 Å². The van der Waals surface area contributed by atoms with Crippen LogP contribution in [0, 0.1) is 11.7 Å². The Bertz CT molecular complexity index is 1390. The molecule has 9 heteroatoms. The molecule has 6 nitrogen and oxygen atoms in total. The molecule has 0 radical (unpaired) electrons. The van der Waals surface area contributed by atoms with E-state index in [-0.39, 0.29) is 16.4 Å². The summed E-state index contributed by atoms with van der Waals surface area (Å²) in [5, 5.41) is 0. The molecule has 0 aliphatic carbocycles. The van der Waals surface area contributed by atoms with Gasteiger partial charge in [-0.15, -0.1) is 0 Å². The number of piperidine rings is 1. The van der Waals surface area contributed by atoms with E-state index in [2.05, 4.69) is 49.6 Å². The molecule has 0 atom stereocenters. The van der Waals surface area contributed by atoms with Crippen LogP contribution in [0.25, 0.3) is 11.0 Å². The highest BCUT2D eigenvalue weighted by molar-refractivity contribution is 5.80. The number of anilines is 1. The number of carbonyl (C=O) groups is 1. The molecule has 2 saturated heterocycles. The van der Waals surface area contributed by atoms with E-state index in [9.17, 15) is 13.6 Å². The lowest BCUT2D eigenvalue weighted by atomic mass is 9.95. The van der Waals surface area contributed by atoms with Crippen LogP contribution in [-0.4, -0.2) is 65.3 Å². The third kappa shape index (κ3) is 7.08. The number of hydrogen-bond donors (Lipinski definition) is 0. The van der Waals surface area contributed by atoms with Crippen molar-refractivity contribution in [2.45, 2.75) is 32.4 Å². The van der Waals surface area contributed by atoms with E-state index < -0.39 is 0 Å². The Hall–Kier alpha value is -3.85. The van der Waals surface area contributed by atoms with Gasteiger partial charge < -0.3 is 14.4 Å². The molecule has 218 valence electrons. The van der Waals surface area contributed by atoms with Crippen molar-refractivity contribution < 1.29 is 18.3 Å². The van der Waals surface area contributed by atoms with Gasteiger partial charge in [0.1, 0.15) is 5.82 Å². The maximum atomic E-state index is 13.5. The van der Waals surface area contributed by atoms with Crippen LogP contribution in [-0.2, 0) is 17.9 Å². The molecule has 0 saturated carbocycles. The minimum Gasteiger partial charge on any atom is -0.342 e. The summed E-state index contributed by atoms with van der Waals surface area (Å²) in [6.07, 6.45) is 2.67. The van der Waals surface area contributed by atoms with Gasteiger partial charge in [0.2, 0.25) is 11.9 Å². The molecule has 0 bridgehead atoms. The third-order valence-electron chi connectivity index (χ3n) is 7.85. The molecule has 1 amide bonds. The number of alkyl halides is 1. The number of halogens is 3. The van der Waals surface area contributed by atoms with Crippen molar-refractivity contribution in [3.8, 4) is 0 Å².